The van der Waals surface area contributed by atoms with E-state index < -0.39 is 5.60 Å². The van der Waals surface area contributed by atoms with Crippen molar-refractivity contribution in [3.63, 3.8) is 0 Å². The molecule has 0 amide bonds. The summed E-state index contributed by atoms with van der Waals surface area (Å²) in [6.07, 6.45) is 1.86. The lowest BCUT2D eigenvalue weighted by Crippen LogP contribution is -2.42. The second-order valence-electron chi connectivity index (χ2n) is 6.65. The van der Waals surface area contributed by atoms with Crippen molar-refractivity contribution in [2.24, 2.45) is 0 Å². The maximum absolute atomic E-state index is 12.3. The molecule has 6 heteroatoms. The van der Waals surface area contributed by atoms with Crippen molar-refractivity contribution < 1.29 is 14.3 Å². The van der Waals surface area contributed by atoms with Gasteiger partial charge in [-0.2, -0.15) is 0 Å². The number of rotatable bonds is 5. The van der Waals surface area contributed by atoms with E-state index in [0.29, 0.717) is 18.2 Å². The van der Waals surface area contributed by atoms with E-state index >= 15 is 0 Å². The summed E-state index contributed by atoms with van der Waals surface area (Å²) in [5.74, 6) is 0.651. The zero-order valence-electron chi connectivity index (χ0n) is 13.8. The largest absolute Gasteiger partial charge is 0.491 e. The van der Waals surface area contributed by atoms with Crippen LogP contribution in [0.4, 0.5) is 0 Å². The molecule has 0 spiro atoms. The van der Waals surface area contributed by atoms with E-state index in [1.807, 2.05) is 39.0 Å². The van der Waals surface area contributed by atoms with E-state index in [1.165, 1.54) is 0 Å². The molecule has 0 saturated carbocycles. The van der Waals surface area contributed by atoms with E-state index in [-0.39, 0.29) is 12.0 Å². The van der Waals surface area contributed by atoms with E-state index in [9.17, 15) is 4.79 Å². The number of hydrogen-bond acceptors (Lipinski definition) is 4. The van der Waals surface area contributed by atoms with Crippen LogP contribution in [-0.2, 0) is 9.53 Å². The van der Waals surface area contributed by atoms with E-state index in [0.717, 1.165) is 28.7 Å². The third-order valence-electron chi connectivity index (χ3n) is 3.57. The first-order valence-electron chi connectivity index (χ1n) is 7.81. The van der Waals surface area contributed by atoms with Gasteiger partial charge in [0.15, 0.2) is 0 Å². The Morgan fingerprint density at radius 3 is 2.87 bits per heavy atom. The highest BCUT2D eigenvalue weighted by Crippen LogP contribution is 2.25. The zero-order chi connectivity index (χ0) is 17.0. The molecule has 2 rings (SSSR count). The minimum absolute atomic E-state index is 0.132. The van der Waals surface area contributed by atoms with Gasteiger partial charge in [0.25, 0.3) is 0 Å². The van der Waals surface area contributed by atoms with Gasteiger partial charge in [-0.1, -0.05) is 11.6 Å². The van der Waals surface area contributed by atoms with Crippen LogP contribution in [0.2, 0.25) is 5.02 Å². The van der Waals surface area contributed by atoms with Crippen LogP contribution in [0, 0.1) is 3.57 Å². The van der Waals surface area contributed by atoms with Crippen LogP contribution in [0.15, 0.2) is 18.2 Å². The van der Waals surface area contributed by atoms with Crippen molar-refractivity contribution in [3.05, 3.63) is 26.8 Å². The normalized spacial score (nSPS) is 18.9. The Bertz CT molecular complexity index is 559. The Balaban J connectivity index is 1.87. The topological polar surface area (TPSA) is 38.8 Å². The fourth-order valence-corrected chi connectivity index (χ4v) is 3.24. The lowest BCUT2D eigenvalue weighted by Gasteiger charge is -2.27. The van der Waals surface area contributed by atoms with Gasteiger partial charge in [-0.05, 0) is 80.9 Å². The molecule has 0 N–H and O–H groups in total. The monoisotopic (exact) mass is 451 g/mol. The number of likely N-dealkylation sites (tertiary alicyclic amines) is 1. The molecular formula is C17H23ClINO3. The molecule has 1 saturated heterocycles. The molecule has 1 atom stereocenters. The SMILES string of the molecule is CC(C)(C)OC(=O)C1CCCN1CCOc1cc(Cl)ccc1I. The lowest BCUT2D eigenvalue weighted by atomic mass is 10.1. The van der Waals surface area contributed by atoms with Gasteiger partial charge in [-0.15, -0.1) is 0 Å². The van der Waals surface area contributed by atoms with Crippen molar-refractivity contribution in [2.45, 2.75) is 45.3 Å². The Kier molecular flexibility index (Phi) is 6.57. The number of carbonyl (C=O) groups excluding carboxylic acids is 1. The van der Waals surface area contributed by atoms with Crippen LogP contribution in [-0.4, -0.2) is 42.2 Å². The summed E-state index contributed by atoms with van der Waals surface area (Å²) in [4.78, 5) is 14.4. The van der Waals surface area contributed by atoms with Gasteiger partial charge in [0.1, 0.15) is 24.0 Å². The Hall–Kier alpha value is -0.530. The van der Waals surface area contributed by atoms with Gasteiger partial charge in [0.05, 0.1) is 3.57 Å². The molecule has 0 aliphatic carbocycles. The van der Waals surface area contributed by atoms with Crippen LogP contribution in [0.3, 0.4) is 0 Å². The van der Waals surface area contributed by atoms with E-state index in [4.69, 9.17) is 21.1 Å². The molecule has 1 aliphatic rings. The van der Waals surface area contributed by atoms with Crippen LogP contribution in [0.25, 0.3) is 0 Å². The molecule has 1 unspecified atom stereocenters. The number of nitrogens with zero attached hydrogens (tertiary/aromatic N) is 1. The fourth-order valence-electron chi connectivity index (χ4n) is 2.59. The summed E-state index contributed by atoms with van der Waals surface area (Å²) in [5, 5.41) is 0.660. The smallest absolute Gasteiger partial charge is 0.323 e. The molecule has 0 radical (unpaired) electrons. The first kappa shape index (κ1) is 18.8. The molecule has 0 bridgehead atoms. The summed E-state index contributed by atoms with van der Waals surface area (Å²) < 4.78 is 12.4. The van der Waals surface area contributed by atoms with Crippen molar-refractivity contribution in [2.75, 3.05) is 19.7 Å². The van der Waals surface area contributed by atoms with Gasteiger partial charge < -0.3 is 9.47 Å². The van der Waals surface area contributed by atoms with Gasteiger partial charge in [0.2, 0.25) is 0 Å². The van der Waals surface area contributed by atoms with Crippen LogP contribution >= 0.6 is 34.2 Å². The van der Waals surface area contributed by atoms with Crippen molar-refractivity contribution in [3.8, 4) is 5.75 Å². The summed E-state index contributed by atoms with van der Waals surface area (Å²) in [5.41, 5.74) is -0.446. The molecule has 1 aromatic carbocycles. The first-order chi connectivity index (χ1) is 10.8. The van der Waals surface area contributed by atoms with E-state index in [1.54, 1.807) is 0 Å². The van der Waals surface area contributed by atoms with Crippen LogP contribution in [0.5, 0.6) is 5.75 Å². The molecular weight excluding hydrogens is 429 g/mol. The highest BCUT2D eigenvalue weighted by atomic mass is 127. The second kappa shape index (κ2) is 8.03. The average Bonchev–Trinajstić information content (AvgIpc) is 2.89. The van der Waals surface area contributed by atoms with Crippen LogP contribution in [0.1, 0.15) is 33.6 Å². The molecule has 0 aromatic heterocycles. The van der Waals surface area contributed by atoms with Gasteiger partial charge in [0, 0.05) is 11.6 Å². The predicted octanol–water partition coefficient (Wildman–Crippen LogP) is 4.13. The molecule has 23 heavy (non-hydrogen) atoms. The molecule has 128 valence electrons. The number of ether oxygens (including phenoxy) is 2. The zero-order valence-corrected chi connectivity index (χ0v) is 16.7. The number of carbonyl (C=O) groups is 1. The van der Waals surface area contributed by atoms with E-state index in [2.05, 4.69) is 27.5 Å². The Morgan fingerprint density at radius 1 is 1.43 bits per heavy atom. The fraction of sp³-hybridized carbons (Fsp3) is 0.588. The summed E-state index contributed by atoms with van der Waals surface area (Å²) in [6.45, 7) is 7.82. The summed E-state index contributed by atoms with van der Waals surface area (Å²) in [6, 6.07) is 5.43. The van der Waals surface area contributed by atoms with Gasteiger partial charge in [-0.3, -0.25) is 9.69 Å². The second-order valence-corrected chi connectivity index (χ2v) is 8.25. The van der Waals surface area contributed by atoms with Crippen molar-refractivity contribution >= 4 is 40.2 Å². The quantitative estimate of drug-likeness (QED) is 0.498. The van der Waals surface area contributed by atoms with Crippen LogP contribution < -0.4 is 4.74 Å². The van der Waals surface area contributed by atoms with Gasteiger partial charge >= 0.3 is 5.97 Å². The molecule has 1 aliphatic heterocycles. The number of hydrogen-bond donors (Lipinski definition) is 0. The lowest BCUT2D eigenvalue weighted by molar-refractivity contribution is -0.160. The standard InChI is InChI=1S/C17H23ClINO3/c1-17(2,3)23-16(21)14-5-4-8-20(14)9-10-22-15-11-12(18)6-7-13(15)19/h6-7,11,14H,4-5,8-10H2,1-3H3. The number of halogens is 2. The maximum Gasteiger partial charge on any atom is 0.323 e. The highest BCUT2D eigenvalue weighted by Gasteiger charge is 2.33. The van der Waals surface area contributed by atoms with Crippen molar-refractivity contribution in [1.82, 2.24) is 4.90 Å². The Labute approximate surface area is 156 Å². The molecule has 1 fully saturated rings. The third kappa shape index (κ3) is 5.80. The molecule has 1 aromatic rings. The Morgan fingerprint density at radius 2 is 2.17 bits per heavy atom. The third-order valence-corrected chi connectivity index (χ3v) is 4.70. The average molecular weight is 452 g/mol. The summed E-state index contributed by atoms with van der Waals surface area (Å²) in [7, 11) is 0. The molecule has 4 nitrogen and oxygen atoms in total. The highest BCUT2D eigenvalue weighted by molar-refractivity contribution is 14.1. The predicted molar refractivity (Wildman–Crippen MR) is 100 cm³/mol. The van der Waals surface area contributed by atoms with Gasteiger partial charge in [-0.25, -0.2) is 0 Å². The number of benzene rings is 1. The first-order valence-corrected chi connectivity index (χ1v) is 9.27. The minimum atomic E-state index is -0.446. The minimum Gasteiger partial charge on any atom is -0.491 e. The number of esters is 1. The summed E-state index contributed by atoms with van der Waals surface area (Å²) >= 11 is 8.22. The van der Waals surface area contributed by atoms with Crippen molar-refractivity contribution in [1.29, 1.82) is 0 Å². The maximum atomic E-state index is 12.3. The molecule has 1 heterocycles.